The lowest BCUT2D eigenvalue weighted by molar-refractivity contribution is 0.491. The first kappa shape index (κ1) is 10.1. The third-order valence-corrected chi connectivity index (χ3v) is 3.39. The maximum absolute atomic E-state index is 6.09. The number of pyridine rings is 1. The SMILES string of the molecule is N[C@@H](c1cccnc1Br)[C@@H](N)C1CC1. The average molecular weight is 256 g/mol. The van der Waals surface area contributed by atoms with Crippen LogP contribution < -0.4 is 11.5 Å². The first-order valence-corrected chi connectivity index (χ1v) is 5.61. The molecule has 0 amide bonds. The van der Waals surface area contributed by atoms with Gasteiger partial charge in [-0.1, -0.05) is 6.07 Å². The molecule has 3 nitrogen and oxygen atoms in total. The van der Waals surface area contributed by atoms with Crippen molar-refractivity contribution < 1.29 is 0 Å². The van der Waals surface area contributed by atoms with E-state index in [0.29, 0.717) is 5.92 Å². The van der Waals surface area contributed by atoms with Crippen LogP contribution in [0.1, 0.15) is 24.4 Å². The highest BCUT2D eigenvalue weighted by Gasteiger charge is 2.33. The number of nitrogens with zero attached hydrogens (tertiary/aromatic N) is 1. The Labute approximate surface area is 92.0 Å². The molecule has 0 aliphatic heterocycles. The van der Waals surface area contributed by atoms with Crippen LogP contribution in [0.4, 0.5) is 0 Å². The molecule has 0 bridgehead atoms. The number of nitrogens with two attached hydrogens (primary N) is 2. The van der Waals surface area contributed by atoms with Crippen molar-refractivity contribution in [2.75, 3.05) is 0 Å². The molecular formula is C10H14BrN3. The summed E-state index contributed by atoms with van der Waals surface area (Å²) in [7, 11) is 0. The predicted molar refractivity (Wildman–Crippen MR) is 59.6 cm³/mol. The van der Waals surface area contributed by atoms with Gasteiger partial charge in [0.15, 0.2) is 0 Å². The minimum Gasteiger partial charge on any atom is -0.326 e. The Kier molecular flexibility index (Phi) is 2.85. The van der Waals surface area contributed by atoms with Gasteiger partial charge in [0, 0.05) is 23.8 Å². The summed E-state index contributed by atoms with van der Waals surface area (Å²) >= 11 is 3.39. The molecule has 14 heavy (non-hydrogen) atoms. The van der Waals surface area contributed by atoms with Gasteiger partial charge in [0.25, 0.3) is 0 Å². The Morgan fingerprint density at radius 3 is 2.71 bits per heavy atom. The molecule has 1 aromatic rings. The van der Waals surface area contributed by atoms with Gasteiger partial charge in [0.05, 0.1) is 0 Å². The molecule has 1 aromatic heterocycles. The van der Waals surface area contributed by atoms with Gasteiger partial charge >= 0.3 is 0 Å². The minimum absolute atomic E-state index is 0.0653. The zero-order valence-corrected chi connectivity index (χ0v) is 9.44. The topological polar surface area (TPSA) is 64.9 Å². The van der Waals surface area contributed by atoms with E-state index in [1.807, 2.05) is 12.1 Å². The maximum Gasteiger partial charge on any atom is 0.110 e. The van der Waals surface area contributed by atoms with Crippen molar-refractivity contribution in [1.29, 1.82) is 0 Å². The van der Waals surface area contributed by atoms with E-state index in [4.69, 9.17) is 11.5 Å². The summed E-state index contributed by atoms with van der Waals surface area (Å²) in [6.07, 6.45) is 4.17. The smallest absolute Gasteiger partial charge is 0.110 e. The molecule has 2 rings (SSSR count). The fourth-order valence-electron chi connectivity index (χ4n) is 1.63. The van der Waals surface area contributed by atoms with Gasteiger partial charge < -0.3 is 11.5 Å². The second kappa shape index (κ2) is 3.96. The molecule has 2 atom stereocenters. The van der Waals surface area contributed by atoms with E-state index in [2.05, 4.69) is 20.9 Å². The normalized spacial score (nSPS) is 20.5. The molecule has 0 radical (unpaired) electrons. The first-order chi connectivity index (χ1) is 6.70. The number of hydrogen-bond donors (Lipinski definition) is 2. The highest BCUT2D eigenvalue weighted by Crippen LogP contribution is 2.36. The highest BCUT2D eigenvalue weighted by atomic mass is 79.9. The fraction of sp³-hybridized carbons (Fsp3) is 0.500. The van der Waals surface area contributed by atoms with Crippen LogP contribution in [-0.2, 0) is 0 Å². The van der Waals surface area contributed by atoms with Crippen molar-refractivity contribution in [1.82, 2.24) is 4.98 Å². The number of rotatable bonds is 3. The van der Waals surface area contributed by atoms with Gasteiger partial charge in [-0.3, -0.25) is 0 Å². The molecule has 1 saturated carbocycles. The molecule has 1 aliphatic rings. The lowest BCUT2D eigenvalue weighted by Crippen LogP contribution is -2.36. The molecule has 1 heterocycles. The molecule has 1 aliphatic carbocycles. The molecule has 4 N–H and O–H groups in total. The average Bonchev–Trinajstić information content (AvgIpc) is 3.00. The van der Waals surface area contributed by atoms with E-state index < -0.39 is 0 Å². The quantitative estimate of drug-likeness (QED) is 0.807. The van der Waals surface area contributed by atoms with Crippen molar-refractivity contribution in [2.24, 2.45) is 17.4 Å². The van der Waals surface area contributed by atoms with E-state index in [9.17, 15) is 0 Å². The first-order valence-electron chi connectivity index (χ1n) is 4.81. The number of hydrogen-bond acceptors (Lipinski definition) is 3. The van der Waals surface area contributed by atoms with Crippen LogP contribution in [0.2, 0.25) is 0 Å². The second-order valence-electron chi connectivity index (χ2n) is 3.82. The van der Waals surface area contributed by atoms with Gasteiger partial charge in [-0.25, -0.2) is 4.98 Å². The van der Waals surface area contributed by atoms with Crippen molar-refractivity contribution in [3.05, 3.63) is 28.5 Å². The Bertz CT molecular complexity index is 325. The summed E-state index contributed by atoms with van der Waals surface area (Å²) < 4.78 is 0.809. The molecule has 0 spiro atoms. The predicted octanol–water partition coefficient (Wildman–Crippen LogP) is 1.58. The lowest BCUT2D eigenvalue weighted by atomic mass is 9.99. The van der Waals surface area contributed by atoms with Crippen LogP contribution in [0.25, 0.3) is 0 Å². The summed E-state index contributed by atoms with van der Waals surface area (Å²) in [6.45, 7) is 0. The van der Waals surface area contributed by atoms with Gasteiger partial charge in [0.1, 0.15) is 4.60 Å². The third kappa shape index (κ3) is 1.97. The van der Waals surface area contributed by atoms with E-state index in [-0.39, 0.29) is 12.1 Å². The Morgan fingerprint density at radius 2 is 2.14 bits per heavy atom. The summed E-state index contributed by atoms with van der Waals surface area (Å²) in [4.78, 5) is 4.14. The van der Waals surface area contributed by atoms with Gasteiger partial charge in [-0.2, -0.15) is 0 Å². The fourth-order valence-corrected chi connectivity index (χ4v) is 2.14. The van der Waals surface area contributed by atoms with Gasteiger partial charge in [-0.15, -0.1) is 0 Å². The Morgan fingerprint density at radius 1 is 1.43 bits per heavy atom. The summed E-state index contributed by atoms with van der Waals surface area (Å²) in [5, 5.41) is 0. The largest absolute Gasteiger partial charge is 0.326 e. The van der Waals surface area contributed by atoms with Crippen molar-refractivity contribution in [3.8, 4) is 0 Å². The van der Waals surface area contributed by atoms with E-state index >= 15 is 0 Å². The zero-order valence-electron chi connectivity index (χ0n) is 7.86. The summed E-state index contributed by atoms with van der Waals surface area (Å²) in [6, 6.07) is 3.82. The molecule has 0 unspecified atom stereocenters. The molecule has 76 valence electrons. The van der Waals surface area contributed by atoms with E-state index in [0.717, 1.165) is 10.2 Å². The van der Waals surface area contributed by atoms with Crippen LogP contribution in [-0.4, -0.2) is 11.0 Å². The van der Waals surface area contributed by atoms with E-state index in [1.54, 1.807) is 6.20 Å². The molecule has 0 aromatic carbocycles. The maximum atomic E-state index is 6.09. The van der Waals surface area contributed by atoms with Crippen LogP contribution in [0.5, 0.6) is 0 Å². The number of halogens is 1. The van der Waals surface area contributed by atoms with Gasteiger partial charge in [0.2, 0.25) is 0 Å². The summed E-state index contributed by atoms with van der Waals surface area (Å²) in [5.74, 6) is 0.608. The van der Waals surface area contributed by atoms with E-state index in [1.165, 1.54) is 12.8 Å². The third-order valence-electron chi connectivity index (χ3n) is 2.73. The number of aromatic nitrogens is 1. The summed E-state index contributed by atoms with van der Waals surface area (Å²) in [5.41, 5.74) is 13.1. The Balaban J connectivity index is 2.17. The zero-order chi connectivity index (χ0) is 10.1. The monoisotopic (exact) mass is 255 g/mol. The van der Waals surface area contributed by atoms with Crippen molar-refractivity contribution in [2.45, 2.75) is 24.9 Å². The van der Waals surface area contributed by atoms with Crippen LogP contribution in [0.3, 0.4) is 0 Å². The van der Waals surface area contributed by atoms with Gasteiger partial charge in [-0.05, 0) is 40.8 Å². The van der Waals surface area contributed by atoms with Crippen molar-refractivity contribution in [3.63, 3.8) is 0 Å². The molecular weight excluding hydrogens is 242 g/mol. The second-order valence-corrected chi connectivity index (χ2v) is 4.58. The Hall–Kier alpha value is -0.450. The lowest BCUT2D eigenvalue weighted by Gasteiger charge is -2.20. The highest BCUT2D eigenvalue weighted by molar-refractivity contribution is 9.10. The van der Waals surface area contributed by atoms with Crippen LogP contribution in [0.15, 0.2) is 22.9 Å². The molecule has 4 heteroatoms. The van der Waals surface area contributed by atoms with Crippen LogP contribution in [0, 0.1) is 5.92 Å². The van der Waals surface area contributed by atoms with Crippen LogP contribution >= 0.6 is 15.9 Å². The van der Waals surface area contributed by atoms with Crippen molar-refractivity contribution >= 4 is 15.9 Å². The minimum atomic E-state index is -0.106. The standard InChI is InChI=1S/C10H14BrN3/c11-10-7(2-1-5-14-10)9(13)8(12)6-3-4-6/h1-2,5-6,8-9H,3-4,12-13H2/t8-,9-/m0/s1. The molecule has 0 saturated heterocycles. The molecule has 1 fully saturated rings.